The standard InChI is InChI=1S/C19H16BrN3O3S/c1-12(26-14-8-6-13(20)7-9-14)17(24)22-16-5-3-2-4-15(16)18(25)23-19-21-10-11-27-19/h2-12H,1H3,(H,22,24)(H,21,23,25). The molecule has 0 saturated heterocycles. The summed E-state index contributed by atoms with van der Waals surface area (Å²) in [5, 5.41) is 7.72. The number of anilines is 2. The maximum absolute atomic E-state index is 12.5. The van der Waals surface area contributed by atoms with Crippen molar-refractivity contribution in [1.82, 2.24) is 4.98 Å². The summed E-state index contributed by atoms with van der Waals surface area (Å²) in [5.74, 6) is -0.120. The van der Waals surface area contributed by atoms with E-state index in [-0.39, 0.29) is 11.8 Å². The van der Waals surface area contributed by atoms with Crippen LogP contribution in [0.2, 0.25) is 0 Å². The third kappa shape index (κ3) is 5.15. The first-order valence-electron chi connectivity index (χ1n) is 8.06. The average molecular weight is 446 g/mol. The maximum atomic E-state index is 12.5. The maximum Gasteiger partial charge on any atom is 0.265 e. The van der Waals surface area contributed by atoms with Crippen LogP contribution in [0.15, 0.2) is 64.6 Å². The van der Waals surface area contributed by atoms with Gasteiger partial charge in [0.25, 0.3) is 11.8 Å². The molecule has 0 aliphatic rings. The van der Waals surface area contributed by atoms with Crippen LogP contribution in [0.5, 0.6) is 5.75 Å². The van der Waals surface area contributed by atoms with Crippen molar-refractivity contribution in [3.8, 4) is 5.75 Å². The highest BCUT2D eigenvalue weighted by Gasteiger charge is 2.19. The van der Waals surface area contributed by atoms with E-state index >= 15 is 0 Å². The fourth-order valence-electron chi connectivity index (χ4n) is 2.24. The first kappa shape index (κ1) is 19.1. The normalized spacial score (nSPS) is 11.5. The van der Waals surface area contributed by atoms with Gasteiger partial charge in [0.2, 0.25) is 0 Å². The summed E-state index contributed by atoms with van der Waals surface area (Å²) in [6.45, 7) is 1.65. The molecule has 27 heavy (non-hydrogen) atoms. The molecule has 1 unspecified atom stereocenters. The van der Waals surface area contributed by atoms with Crippen LogP contribution in [-0.4, -0.2) is 22.9 Å². The zero-order valence-electron chi connectivity index (χ0n) is 14.3. The molecule has 0 spiro atoms. The molecule has 0 bridgehead atoms. The highest BCUT2D eigenvalue weighted by molar-refractivity contribution is 9.10. The van der Waals surface area contributed by atoms with Gasteiger partial charge in [-0.15, -0.1) is 11.3 Å². The highest BCUT2D eigenvalue weighted by atomic mass is 79.9. The Bertz CT molecular complexity index is 930. The molecule has 8 heteroatoms. The van der Waals surface area contributed by atoms with Crippen LogP contribution < -0.4 is 15.4 Å². The number of thiazole rings is 1. The van der Waals surface area contributed by atoms with Crippen LogP contribution in [0.3, 0.4) is 0 Å². The van der Waals surface area contributed by atoms with Gasteiger partial charge in [-0.1, -0.05) is 28.1 Å². The lowest BCUT2D eigenvalue weighted by atomic mass is 10.1. The van der Waals surface area contributed by atoms with E-state index in [4.69, 9.17) is 4.74 Å². The predicted octanol–water partition coefficient (Wildman–Crippen LogP) is 4.56. The third-order valence-corrected chi connectivity index (χ3v) is 4.80. The summed E-state index contributed by atoms with van der Waals surface area (Å²) in [7, 11) is 0. The molecule has 3 rings (SSSR count). The Hall–Kier alpha value is -2.71. The van der Waals surface area contributed by atoms with Gasteiger partial charge in [0, 0.05) is 16.0 Å². The fourth-order valence-corrected chi connectivity index (χ4v) is 3.03. The number of nitrogens with one attached hydrogen (secondary N) is 2. The zero-order chi connectivity index (χ0) is 19.2. The molecule has 1 atom stereocenters. The number of hydrogen-bond donors (Lipinski definition) is 2. The Labute approximate surface area is 168 Å². The lowest BCUT2D eigenvalue weighted by Crippen LogP contribution is -2.31. The number of ether oxygens (including phenoxy) is 1. The molecule has 0 saturated carbocycles. The first-order valence-corrected chi connectivity index (χ1v) is 9.73. The Morgan fingerprint density at radius 1 is 1.11 bits per heavy atom. The van der Waals surface area contributed by atoms with Crippen molar-refractivity contribution >= 4 is 49.9 Å². The molecular weight excluding hydrogens is 430 g/mol. The zero-order valence-corrected chi connectivity index (χ0v) is 16.7. The van der Waals surface area contributed by atoms with Crippen LogP contribution in [-0.2, 0) is 4.79 Å². The van der Waals surface area contributed by atoms with Crippen molar-refractivity contribution in [2.24, 2.45) is 0 Å². The van der Waals surface area contributed by atoms with Gasteiger partial charge in [-0.3, -0.25) is 14.9 Å². The van der Waals surface area contributed by atoms with Gasteiger partial charge in [0.05, 0.1) is 11.3 Å². The van der Waals surface area contributed by atoms with Crippen LogP contribution in [0.25, 0.3) is 0 Å². The highest BCUT2D eigenvalue weighted by Crippen LogP contribution is 2.20. The van der Waals surface area contributed by atoms with Crippen molar-refractivity contribution < 1.29 is 14.3 Å². The summed E-state index contributed by atoms with van der Waals surface area (Å²) >= 11 is 4.67. The van der Waals surface area contributed by atoms with Crippen molar-refractivity contribution in [3.63, 3.8) is 0 Å². The number of benzene rings is 2. The van der Waals surface area contributed by atoms with E-state index in [9.17, 15) is 9.59 Å². The molecule has 2 N–H and O–H groups in total. The van der Waals surface area contributed by atoms with Gasteiger partial charge < -0.3 is 10.1 Å². The van der Waals surface area contributed by atoms with E-state index in [0.717, 1.165) is 4.47 Å². The number of amides is 2. The first-order chi connectivity index (χ1) is 13.0. The second-order valence-electron chi connectivity index (χ2n) is 5.54. The molecular formula is C19H16BrN3O3S. The van der Waals surface area contributed by atoms with Gasteiger partial charge in [0.1, 0.15) is 5.75 Å². The molecule has 2 aromatic carbocycles. The van der Waals surface area contributed by atoms with Crippen LogP contribution >= 0.6 is 27.3 Å². The topological polar surface area (TPSA) is 80.3 Å². The summed E-state index contributed by atoms with van der Waals surface area (Å²) in [6.07, 6.45) is 0.871. The molecule has 138 valence electrons. The van der Waals surface area contributed by atoms with Crippen LogP contribution in [0.4, 0.5) is 10.8 Å². The largest absolute Gasteiger partial charge is 0.481 e. The molecule has 6 nitrogen and oxygen atoms in total. The minimum atomic E-state index is -0.735. The van der Waals surface area contributed by atoms with Crippen LogP contribution in [0, 0.1) is 0 Å². The molecule has 3 aromatic rings. The Morgan fingerprint density at radius 2 is 1.85 bits per heavy atom. The molecule has 0 aliphatic carbocycles. The number of nitrogens with zero attached hydrogens (tertiary/aromatic N) is 1. The van der Waals surface area contributed by atoms with Crippen molar-refractivity contribution in [2.45, 2.75) is 13.0 Å². The van der Waals surface area contributed by atoms with Crippen molar-refractivity contribution in [1.29, 1.82) is 0 Å². The van der Waals surface area contributed by atoms with Crippen molar-refractivity contribution in [3.05, 3.63) is 70.1 Å². The van der Waals surface area contributed by atoms with Crippen LogP contribution in [0.1, 0.15) is 17.3 Å². The number of para-hydroxylation sites is 1. The average Bonchev–Trinajstić information content (AvgIpc) is 3.17. The molecule has 0 fully saturated rings. The monoisotopic (exact) mass is 445 g/mol. The molecule has 2 amide bonds. The van der Waals surface area contributed by atoms with Gasteiger partial charge >= 0.3 is 0 Å². The second kappa shape index (κ2) is 8.79. The molecule has 0 radical (unpaired) electrons. The van der Waals surface area contributed by atoms with Crippen molar-refractivity contribution in [2.75, 3.05) is 10.6 Å². The second-order valence-corrected chi connectivity index (χ2v) is 7.35. The molecule has 1 heterocycles. The van der Waals surface area contributed by atoms with Gasteiger partial charge in [-0.05, 0) is 43.3 Å². The smallest absolute Gasteiger partial charge is 0.265 e. The lowest BCUT2D eigenvalue weighted by molar-refractivity contribution is -0.122. The Balaban J connectivity index is 1.68. The van der Waals surface area contributed by atoms with Gasteiger partial charge in [-0.2, -0.15) is 0 Å². The van der Waals surface area contributed by atoms with E-state index < -0.39 is 6.10 Å². The Kier molecular flexibility index (Phi) is 6.20. The molecule has 0 aliphatic heterocycles. The van der Waals surface area contributed by atoms with Gasteiger partial charge in [-0.25, -0.2) is 4.98 Å². The fraction of sp³-hybridized carbons (Fsp3) is 0.105. The number of rotatable bonds is 6. The molecule has 1 aromatic heterocycles. The number of hydrogen-bond acceptors (Lipinski definition) is 5. The SMILES string of the molecule is CC(Oc1ccc(Br)cc1)C(=O)Nc1ccccc1C(=O)Nc1nccs1. The van der Waals surface area contributed by atoms with Gasteiger partial charge in [0.15, 0.2) is 11.2 Å². The minimum absolute atomic E-state index is 0.344. The third-order valence-electron chi connectivity index (χ3n) is 3.58. The quantitative estimate of drug-likeness (QED) is 0.582. The summed E-state index contributed by atoms with van der Waals surface area (Å²) in [5.41, 5.74) is 0.750. The number of carbonyl (C=O) groups excluding carboxylic acids is 2. The summed E-state index contributed by atoms with van der Waals surface area (Å²) in [4.78, 5) is 29.0. The van der Waals surface area contributed by atoms with E-state index in [1.807, 2.05) is 12.1 Å². The van der Waals surface area contributed by atoms with E-state index in [1.54, 1.807) is 54.9 Å². The lowest BCUT2D eigenvalue weighted by Gasteiger charge is -2.16. The van der Waals surface area contributed by atoms with E-state index in [2.05, 4.69) is 31.5 Å². The minimum Gasteiger partial charge on any atom is -0.481 e. The predicted molar refractivity (Wildman–Crippen MR) is 109 cm³/mol. The van der Waals surface area contributed by atoms with E-state index in [0.29, 0.717) is 22.1 Å². The van der Waals surface area contributed by atoms with E-state index in [1.165, 1.54) is 11.3 Å². The summed E-state index contributed by atoms with van der Waals surface area (Å²) < 4.78 is 6.57. The Morgan fingerprint density at radius 3 is 2.56 bits per heavy atom. The number of aromatic nitrogens is 1. The number of carbonyl (C=O) groups is 2. The number of halogens is 1. The summed E-state index contributed by atoms with van der Waals surface area (Å²) in [6, 6.07) is 14.0.